The number of rotatable bonds is 7. The summed E-state index contributed by atoms with van der Waals surface area (Å²) >= 11 is 0. The minimum atomic E-state index is 0.262. The highest BCUT2D eigenvalue weighted by Gasteiger charge is 2.13. The standard InChI is InChI=1S/C15H23NO/c1-4-6-7-13(5-2)11-15(17)14-8-9-16-12(3)10-14/h8-10,13H,4-7,11H2,1-3H3. The van der Waals surface area contributed by atoms with E-state index in [0.717, 1.165) is 17.7 Å². The number of carbonyl (C=O) groups is 1. The average Bonchev–Trinajstić information content (AvgIpc) is 2.34. The Bertz CT molecular complexity index is 360. The number of pyridine rings is 1. The van der Waals surface area contributed by atoms with Gasteiger partial charge in [-0.25, -0.2) is 0 Å². The minimum Gasteiger partial charge on any atom is -0.294 e. The van der Waals surface area contributed by atoms with Crippen molar-refractivity contribution in [2.45, 2.75) is 52.9 Å². The predicted octanol–water partition coefficient (Wildman–Crippen LogP) is 4.18. The molecule has 0 saturated carbocycles. The fraction of sp³-hybridized carbons (Fsp3) is 0.600. The van der Waals surface area contributed by atoms with E-state index in [-0.39, 0.29) is 5.78 Å². The average molecular weight is 233 g/mol. The molecule has 1 heterocycles. The molecule has 1 unspecified atom stereocenters. The van der Waals surface area contributed by atoms with Crippen molar-refractivity contribution in [3.05, 3.63) is 29.6 Å². The molecule has 0 aromatic carbocycles. The number of aromatic nitrogens is 1. The first-order valence-corrected chi connectivity index (χ1v) is 6.63. The lowest BCUT2D eigenvalue weighted by molar-refractivity contribution is 0.0956. The number of unbranched alkanes of at least 4 members (excludes halogenated alkanes) is 1. The number of ketones is 1. The lowest BCUT2D eigenvalue weighted by Crippen LogP contribution is -2.08. The lowest BCUT2D eigenvalue weighted by Gasteiger charge is -2.13. The summed E-state index contributed by atoms with van der Waals surface area (Å²) in [6.45, 7) is 6.29. The molecular formula is C15H23NO. The molecule has 1 aromatic heterocycles. The van der Waals surface area contributed by atoms with Crippen LogP contribution in [0.4, 0.5) is 0 Å². The van der Waals surface area contributed by atoms with Crippen molar-refractivity contribution < 1.29 is 4.79 Å². The molecule has 1 rings (SSSR count). The van der Waals surface area contributed by atoms with E-state index in [0.29, 0.717) is 12.3 Å². The maximum absolute atomic E-state index is 12.1. The number of hydrogen-bond donors (Lipinski definition) is 0. The monoisotopic (exact) mass is 233 g/mol. The molecule has 0 aliphatic rings. The lowest BCUT2D eigenvalue weighted by atomic mass is 9.92. The van der Waals surface area contributed by atoms with Crippen LogP contribution in [-0.2, 0) is 0 Å². The van der Waals surface area contributed by atoms with Crippen molar-refractivity contribution in [2.75, 3.05) is 0 Å². The fourth-order valence-corrected chi connectivity index (χ4v) is 2.04. The van der Waals surface area contributed by atoms with E-state index >= 15 is 0 Å². The molecule has 1 atom stereocenters. The van der Waals surface area contributed by atoms with Gasteiger partial charge in [0, 0.05) is 23.9 Å². The van der Waals surface area contributed by atoms with Crippen LogP contribution >= 0.6 is 0 Å². The number of nitrogens with zero attached hydrogens (tertiary/aromatic N) is 1. The first-order valence-electron chi connectivity index (χ1n) is 6.63. The largest absolute Gasteiger partial charge is 0.294 e. The fourth-order valence-electron chi connectivity index (χ4n) is 2.04. The Morgan fingerprint density at radius 2 is 2.18 bits per heavy atom. The van der Waals surface area contributed by atoms with Gasteiger partial charge in [-0.2, -0.15) is 0 Å². The molecule has 94 valence electrons. The molecule has 0 N–H and O–H groups in total. The van der Waals surface area contributed by atoms with Gasteiger partial charge in [0.15, 0.2) is 5.78 Å². The smallest absolute Gasteiger partial charge is 0.163 e. The van der Waals surface area contributed by atoms with Crippen LogP contribution in [0.5, 0.6) is 0 Å². The van der Waals surface area contributed by atoms with E-state index < -0.39 is 0 Å². The van der Waals surface area contributed by atoms with E-state index in [1.54, 1.807) is 6.20 Å². The molecule has 0 bridgehead atoms. The Hall–Kier alpha value is -1.18. The van der Waals surface area contributed by atoms with E-state index in [4.69, 9.17) is 0 Å². The zero-order chi connectivity index (χ0) is 12.7. The molecule has 0 amide bonds. The summed E-state index contributed by atoms with van der Waals surface area (Å²) in [5, 5.41) is 0. The van der Waals surface area contributed by atoms with Crippen LogP contribution in [0, 0.1) is 12.8 Å². The quantitative estimate of drug-likeness (QED) is 0.661. The molecule has 17 heavy (non-hydrogen) atoms. The van der Waals surface area contributed by atoms with Crippen LogP contribution in [0.3, 0.4) is 0 Å². The van der Waals surface area contributed by atoms with Crippen LogP contribution < -0.4 is 0 Å². The summed E-state index contributed by atoms with van der Waals surface area (Å²) in [5.74, 6) is 0.800. The third kappa shape index (κ3) is 4.68. The van der Waals surface area contributed by atoms with Crippen molar-refractivity contribution in [2.24, 2.45) is 5.92 Å². The summed E-state index contributed by atoms with van der Waals surface area (Å²) < 4.78 is 0. The van der Waals surface area contributed by atoms with Crippen LogP contribution in [0.25, 0.3) is 0 Å². The van der Waals surface area contributed by atoms with Gasteiger partial charge >= 0.3 is 0 Å². The second kappa shape index (κ2) is 7.21. The maximum atomic E-state index is 12.1. The molecule has 2 heteroatoms. The highest BCUT2D eigenvalue weighted by atomic mass is 16.1. The van der Waals surface area contributed by atoms with Crippen molar-refractivity contribution >= 4 is 5.78 Å². The minimum absolute atomic E-state index is 0.262. The summed E-state index contributed by atoms with van der Waals surface area (Å²) in [4.78, 5) is 16.2. The SMILES string of the molecule is CCCCC(CC)CC(=O)c1ccnc(C)c1. The molecule has 0 radical (unpaired) electrons. The van der Waals surface area contributed by atoms with Crippen LogP contribution in [0.2, 0.25) is 0 Å². The second-order valence-corrected chi connectivity index (χ2v) is 4.73. The van der Waals surface area contributed by atoms with Gasteiger partial charge in [0.05, 0.1) is 0 Å². The Labute approximate surface area is 104 Å². The molecule has 0 aliphatic carbocycles. The Morgan fingerprint density at radius 3 is 2.76 bits per heavy atom. The zero-order valence-corrected chi connectivity index (χ0v) is 11.2. The van der Waals surface area contributed by atoms with Crippen LogP contribution in [-0.4, -0.2) is 10.8 Å². The van der Waals surface area contributed by atoms with Gasteiger partial charge in [0.25, 0.3) is 0 Å². The van der Waals surface area contributed by atoms with Crippen molar-refractivity contribution in [1.82, 2.24) is 4.98 Å². The number of aryl methyl sites for hydroxylation is 1. The van der Waals surface area contributed by atoms with Gasteiger partial charge in [-0.1, -0.05) is 39.5 Å². The van der Waals surface area contributed by atoms with E-state index in [9.17, 15) is 4.79 Å². The van der Waals surface area contributed by atoms with Crippen molar-refractivity contribution in [1.29, 1.82) is 0 Å². The first kappa shape index (κ1) is 13.9. The number of carbonyl (C=O) groups excluding carboxylic acids is 1. The van der Waals surface area contributed by atoms with Crippen LogP contribution in [0.1, 0.15) is 62.0 Å². The van der Waals surface area contributed by atoms with Gasteiger partial charge in [-0.15, -0.1) is 0 Å². The van der Waals surface area contributed by atoms with E-state index in [1.807, 2.05) is 19.1 Å². The van der Waals surface area contributed by atoms with Gasteiger partial charge in [-0.05, 0) is 25.0 Å². The number of Topliss-reactive ketones (excluding diaryl/α,β-unsaturated/α-hetero) is 1. The highest BCUT2D eigenvalue weighted by Crippen LogP contribution is 2.19. The first-order chi connectivity index (χ1) is 8.17. The summed E-state index contributed by atoms with van der Waals surface area (Å²) in [7, 11) is 0. The second-order valence-electron chi connectivity index (χ2n) is 4.73. The van der Waals surface area contributed by atoms with Gasteiger partial charge in [-0.3, -0.25) is 9.78 Å². The summed E-state index contributed by atoms with van der Waals surface area (Å²) in [5.41, 5.74) is 1.73. The van der Waals surface area contributed by atoms with Crippen molar-refractivity contribution in [3.63, 3.8) is 0 Å². The Kier molecular flexibility index (Phi) is 5.88. The molecular weight excluding hydrogens is 210 g/mol. The molecule has 2 nitrogen and oxygen atoms in total. The highest BCUT2D eigenvalue weighted by molar-refractivity contribution is 5.96. The topological polar surface area (TPSA) is 30.0 Å². The third-order valence-corrected chi connectivity index (χ3v) is 3.24. The molecule has 1 aromatic rings. The zero-order valence-electron chi connectivity index (χ0n) is 11.2. The van der Waals surface area contributed by atoms with Gasteiger partial charge in [0.2, 0.25) is 0 Å². The van der Waals surface area contributed by atoms with Crippen LogP contribution in [0.15, 0.2) is 18.3 Å². The Balaban J connectivity index is 2.58. The van der Waals surface area contributed by atoms with E-state index in [2.05, 4.69) is 18.8 Å². The number of hydrogen-bond acceptors (Lipinski definition) is 2. The molecule has 0 fully saturated rings. The van der Waals surface area contributed by atoms with Gasteiger partial charge < -0.3 is 0 Å². The van der Waals surface area contributed by atoms with Crippen molar-refractivity contribution in [3.8, 4) is 0 Å². The Morgan fingerprint density at radius 1 is 1.41 bits per heavy atom. The third-order valence-electron chi connectivity index (χ3n) is 3.24. The summed E-state index contributed by atoms with van der Waals surface area (Å²) in [6, 6.07) is 3.71. The van der Waals surface area contributed by atoms with E-state index in [1.165, 1.54) is 19.3 Å². The predicted molar refractivity (Wildman–Crippen MR) is 71.2 cm³/mol. The maximum Gasteiger partial charge on any atom is 0.163 e. The summed E-state index contributed by atoms with van der Waals surface area (Å²) in [6.07, 6.45) is 7.09. The normalized spacial score (nSPS) is 12.4. The van der Waals surface area contributed by atoms with Gasteiger partial charge in [0.1, 0.15) is 0 Å². The molecule has 0 aliphatic heterocycles. The molecule has 0 spiro atoms. The molecule has 0 saturated heterocycles.